The second kappa shape index (κ2) is 8.72. The summed E-state index contributed by atoms with van der Waals surface area (Å²) >= 11 is 0. The molecule has 2 aromatic rings. The van der Waals surface area contributed by atoms with Crippen LogP contribution >= 0.6 is 0 Å². The van der Waals surface area contributed by atoms with Gasteiger partial charge in [0.15, 0.2) is 11.5 Å². The molecule has 2 aromatic carbocycles. The smallest absolute Gasteiger partial charge is 0.323 e. The third-order valence-corrected chi connectivity index (χ3v) is 4.34. The molecule has 1 aliphatic heterocycles. The van der Waals surface area contributed by atoms with E-state index in [9.17, 15) is 4.79 Å². The fourth-order valence-electron chi connectivity index (χ4n) is 3.06. The van der Waals surface area contributed by atoms with E-state index in [1.807, 2.05) is 56.3 Å². The highest BCUT2D eigenvalue weighted by Crippen LogP contribution is 2.33. The van der Waals surface area contributed by atoms with E-state index in [1.165, 1.54) is 0 Å². The van der Waals surface area contributed by atoms with Crippen molar-refractivity contribution in [3.63, 3.8) is 0 Å². The van der Waals surface area contributed by atoms with Crippen molar-refractivity contribution in [3.05, 3.63) is 59.2 Å². The number of ether oxygens (including phenoxy) is 3. The molecule has 26 heavy (non-hydrogen) atoms. The molecule has 0 radical (unpaired) electrons. The van der Waals surface area contributed by atoms with Crippen LogP contribution in [0.1, 0.15) is 30.5 Å². The molecule has 0 unspecified atom stereocenters. The van der Waals surface area contributed by atoms with Gasteiger partial charge in [-0.25, -0.2) is 0 Å². The standard InChI is InChI=1S/C21H25NO4/c1-3-24-19-11-16-10-18(22-13-17(16)12-20(19)25-4-2)21(23)26-14-15-8-6-5-7-9-15/h5-9,11-12,18,22H,3-4,10,13-14H2,1-2H3/t18-/m0/s1. The summed E-state index contributed by atoms with van der Waals surface area (Å²) in [5, 5.41) is 3.26. The molecule has 0 bridgehead atoms. The summed E-state index contributed by atoms with van der Waals surface area (Å²) in [4.78, 5) is 12.4. The van der Waals surface area contributed by atoms with Crippen LogP contribution in [0.4, 0.5) is 0 Å². The predicted octanol–water partition coefficient (Wildman–Crippen LogP) is 3.24. The average molecular weight is 355 g/mol. The fourth-order valence-corrected chi connectivity index (χ4v) is 3.06. The highest BCUT2D eigenvalue weighted by atomic mass is 16.5. The Hall–Kier alpha value is -2.53. The van der Waals surface area contributed by atoms with Gasteiger partial charge < -0.3 is 19.5 Å². The number of esters is 1. The van der Waals surface area contributed by atoms with Crippen LogP contribution in [0.15, 0.2) is 42.5 Å². The van der Waals surface area contributed by atoms with E-state index in [4.69, 9.17) is 14.2 Å². The van der Waals surface area contributed by atoms with Crippen molar-refractivity contribution in [2.75, 3.05) is 13.2 Å². The van der Waals surface area contributed by atoms with Crippen molar-refractivity contribution >= 4 is 5.97 Å². The van der Waals surface area contributed by atoms with Crippen molar-refractivity contribution in [1.29, 1.82) is 0 Å². The molecule has 0 amide bonds. The minimum absolute atomic E-state index is 0.230. The molecule has 0 spiro atoms. The van der Waals surface area contributed by atoms with E-state index in [-0.39, 0.29) is 18.6 Å². The van der Waals surface area contributed by atoms with Gasteiger partial charge in [0, 0.05) is 6.54 Å². The van der Waals surface area contributed by atoms with Crippen molar-refractivity contribution in [2.24, 2.45) is 0 Å². The topological polar surface area (TPSA) is 56.8 Å². The van der Waals surface area contributed by atoms with Crippen molar-refractivity contribution < 1.29 is 19.0 Å². The molecule has 0 saturated carbocycles. The number of benzene rings is 2. The van der Waals surface area contributed by atoms with Crippen LogP contribution in [-0.4, -0.2) is 25.2 Å². The molecular weight excluding hydrogens is 330 g/mol. The first-order chi connectivity index (χ1) is 12.7. The molecule has 0 aromatic heterocycles. The van der Waals surface area contributed by atoms with Crippen LogP contribution < -0.4 is 14.8 Å². The van der Waals surface area contributed by atoms with Gasteiger partial charge in [-0.05, 0) is 49.1 Å². The van der Waals surface area contributed by atoms with Gasteiger partial charge in [-0.15, -0.1) is 0 Å². The summed E-state index contributed by atoms with van der Waals surface area (Å²) < 4.78 is 16.8. The third kappa shape index (κ3) is 4.35. The lowest BCUT2D eigenvalue weighted by molar-refractivity contribution is -0.147. The Morgan fingerprint density at radius 1 is 1.04 bits per heavy atom. The molecule has 3 rings (SSSR count). The fraction of sp³-hybridized carbons (Fsp3) is 0.381. The number of rotatable bonds is 7. The Balaban J connectivity index is 1.68. The second-order valence-electron chi connectivity index (χ2n) is 6.16. The van der Waals surface area contributed by atoms with Crippen LogP contribution in [0.3, 0.4) is 0 Å². The number of fused-ring (bicyclic) bond motifs is 1. The zero-order valence-electron chi connectivity index (χ0n) is 15.3. The highest BCUT2D eigenvalue weighted by Gasteiger charge is 2.27. The maximum Gasteiger partial charge on any atom is 0.323 e. The Morgan fingerprint density at radius 2 is 1.69 bits per heavy atom. The van der Waals surface area contributed by atoms with E-state index in [1.54, 1.807) is 0 Å². The summed E-state index contributed by atoms with van der Waals surface area (Å²) in [6, 6.07) is 13.3. The molecule has 0 saturated heterocycles. The molecule has 0 aliphatic carbocycles. The van der Waals surface area contributed by atoms with Gasteiger partial charge in [-0.2, -0.15) is 0 Å². The Kier molecular flexibility index (Phi) is 6.12. The van der Waals surface area contributed by atoms with Gasteiger partial charge >= 0.3 is 5.97 Å². The van der Waals surface area contributed by atoms with Crippen molar-refractivity contribution in [1.82, 2.24) is 5.32 Å². The first-order valence-electron chi connectivity index (χ1n) is 9.06. The van der Waals surface area contributed by atoms with Crippen LogP contribution in [0, 0.1) is 0 Å². The van der Waals surface area contributed by atoms with Gasteiger partial charge in [-0.3, -0.25) is 4.79 Å². The molecule has 5 heteroatoms. The summed E-state index contributed by atoms with van der Waals surface area (Å²) in [7, 11) is 0. The average Bonchev–Trinajstić information content (AvgIpc) is 2.67. The Labute approximate surface area is 154 Å². The predicted molar refractivity (Wildman–Crippen MR) is 99.3 cm³/mol. The number of hydrogen-bond acceptors (Lipinski definition) is 5. The zero-order valence-corrected chi connectivity index (χ0v) is 15.3. The maximum absolute atomic E-state index is 12.4. The molecule has 138 valence electrons. The number of hydrogen-bond donors (Lipinski definition) is 1. The number of carbonyl (C=O) groups is 1. The van der Waals surface area contributed by atoms with Gasteiger partial charge in [0.25, 0.3) is 0 Å². The summed E-state index contributed by atoms with van der Waals surface area (Å²) in [5.41, 5.74) is 3.21. The number of nitrogens with one attached hydrogen (secondary N) is 1. The van der Waals surface area contributed by atoms with Crippen molar-refractivity contribution in [2.45, 2.75) is 39.5 Å². The first-order valence-corrected chi connectivity index (χ1v) is 9.06. The Morgan fingerprint density at radius 3 is 2.35 bits per heavy atom. The SMILES string of the molecule is CCOc1cc2c(cc1OCC)C[C@@H](C(=O)OCc1ccccc1)NC2. The van der Waals surface area contributed by atoms with Crippen LogP contribution in [0.25, 0.3) is 0 Å². The summed E-state index contributed by atoms with van der Waals surface area (Å²) in [6.07, 6.45) is 0.579. The minimum Gasteiger partial charge on any atom is -0.490 e. The quantitative estimate of drug-likeness (QED) is 0.773. The molecule has 1 atom stereocenters. The molecule has 5 nitrogen and oxygen atoms in total. The minimum atomic E-state index is -0.348. The highest BCUT2D eigenvalue weighted by molar-refractivity contribution is 5.77. The lowest BCUT2D eigenvalue weighted by Gasteiger charge is -2.26. The van der Waals surface area contributed by atoms with E-state index in [2.05, 4.69) is 5.32 Å². The van der Waals surface area contributed by atoms with E-state index in [0.29, 0.717) is 26.2 Å². The molecule has 1 aliphatic rings. The van der Waals surface area contributed by atoms with Crippen LogP contribution in [0.2, 0.25) is 0 Å². The maximum atomic E-state index is 12.4. The van der Waals surface area contributed by atoms with Crippen LogP contribution in [-0.2, 0) is 29.1 Å². The third-order valence-electron chi connectivity index (χ3n) is 4.34. The van der Waals surface area contributed by atoms with E-state index in [0.717, 1.165) is 28.2 Å². The van der Waals surface area contributed by atoms with Crippen molar-refractivity contribution in [3.8, 4) is 11.5 Å². The largest absolute Gasteiger partial charge is 0.490 e. The molecule has 0 fully saturated rings. The first kappa shape index (κ1) is 18.3. The number of carbonyl (C=O) groups excluding carboxylic acids is 1. The lowest BCUT2D eigenvalue weighted by atomic mass is 9.95. The molecule has 1 N–H and O–H groups in total. The van der Waals surface area contributed by atoms with Crippen LogP contribution in [0.5, 0.6) is 11.5 Å². The monoisotopic (exact) mass is 355 g/mol. The Bertz CT molecular complexity index is 745. The van der Waals surface area contributed by atoms with Gasteiger partial charge in [0.05, 0.1) is 13.2 Å². The molecular formula is C21H25NO4. The summed E-state index contributed by atoms with van der Waals surface area (Å²) in [6.45, 7) is 5.94. The van der Waals surface area contributed by atoms with E-state index < -0.39 is 0 Å². The van der Waals surface area contributed by atoms with Gasteiger partial charge in [0.1, 0.15) is 12.6 Å². The van der Waals surface area contributed by atoms with Gasteiger partial charge in [-0.1, -0.05) is 30.3 Å². The van der Waals surface area contributed by atoms with E-state index >= 15 is 0 Å². The summed E-state index contributed by atoms with van der Waals surface area (Å²) in [5.74, 6) is 1.25. The lowest BCUT2D eigenvalue weighted by Crippen LogP contribution is -2.42. The zero-order chi connectivity index (χ0) is 18.4. The second-order valence-corrected chi connectivity index (χ2v) is 6.16. The normalized spacial score (nSPS) is 15.8. The molecule has 1 heterocycles. The van der Waals surface area contributed by atoms with Gasteiger partial charge in [0.2, 0.25) is 0 Å².